The van der Waals surface area contributed by atoms with Crippen molar-refractivity contribution < 1.29 is 14.4 Å². The Balaban J connectivity index is 0.00000180. The highest BCUT2D eigenvalue weighted by Crippen LogP contribution is 2.31. The van der Waals surface area contributed by atoms with E-state index in [4.69, 9.17) is 20.1 Å². The molecule has 0 spiro atoms. The van der Waals surface area contributed by atoms with Crippen molar-refractivity contribution in [1.29, 1.82) is 0 Å². The van der Waals surface area contributed by atoms with E-state index in [1.54, 1.807) is 19.2 Å². The van der Waals surface area contributed by atoms with Crippen molar-refractivity contribution in [3.63, 3.8) is 0 Å². The summed E-state index contributed by atoms with van der Waals surface area (Å²) in [6.45, 7) is 0. The third-order valence-electron chi connectivity index (χ3n) is 2.40. The van der Waals surface area contributed by atoms with E-state index in [2.05, 4.69) is 21.1 Å². The van der Waals surface area contributed by atoms with Crippen molar-refractivity contribution in [3.05, 3.63) is 40.6 Å². The molecule has 0 aliphatic rings. The van der Waals surface area contributed by atoms with Gasteiger partial charge in [-0.25, -0.2) is 0 Å². The number of halogens is 2. The minimum Gasteiger partial charge on any atom is -0.496 e. The molecular formula is C12H12BrClN2O3. The molecule has 7 heteroatoms. The van der Waals surface area contributed by atoms with Gasteiger partial charge >= 0.3 is 0 Å². The Morgan fingerprint density at radius 3 is 2.74 bits per heavy atom. The van der Waals surface area contributed by atoms with Gasteiger partial charge in [0.05, 0.1) is 11.6 Å². The van der Waals surface area contributed by atoms with E-state index in [9.17, 15) is 0 Å². The van der Waals surface area contributed by atoms with Crippen molar-refractivity contribution >= 4 is 34.2 Å². The summed E-state index contributed by atoms with van der Waals surface area (Å²) >= 11 is 3.37. The first-order chi connectivity index (χ1) is 8.65. The van der Waals surface area contributed by atoms with Gasteiger partial charge in [0.2, 0.25) is 5.84 Å². The molecule has 0 aliphatic carbocycles. The number of ether oxygens (including phenoxy) is 1. The lowest BCUT2D eigenvalue weighted by atomic mass is 10.1. The number of furan rings is 1. The maximum Gasteiger partial charge on any atom is 0.205 e. The Morgan fingerprint density at radius 1 is 1.37 bits per heavy atom. The zero-order valence-electron chi connectivity index (χ0n) is 9.96. The van der Waals surface area contributed by atoms with Crippen LogP contribution in [0.3, 0.4) is 0 Å². The highest BCUT2D eigenvalue weighted by molar-refractivity contribution is 9.10. The molecule has 102 valence electrons. The molecule has 3 N–H and O–H groups in total. The van der Waals surface area contributed by atoms with E-state index < -0.39 is 0 Å². The molecule has 1 aromatic carbocycles. The van der Waals surface area contributed by atoms with Crippen LogP contribution in [0.2, 0.25) is 0 Å². The molecule has 0 atom stereocenters. The summed E-state index contributed by atoms with van der Waals surface area (Å²) in [6, 6.07) is 8.95. The molecule has 0 saturated carbocycles. The predicted octanol–water partition coefficient (Wildman–Crippen LogP) is 3.23. The predicted molar refractivity (Wildman–Crippen MR) is 78.2 cm³/mol. The van der Waals surface area contributed by atoms with Crippen LogP contribution in [0.1, 0.15) is 5.76 Å². The van der Waals surface area contributed by atoms with Crippen LogP contribution in [0, 0.1) is 0 Å². The van der Waals surface area contributed by atoms with Crippen LogP contribution in [-0.2, 0) is 0 Å². The Morgan fingerprint density at radius 2 is 2.11 bits per heavy atom. The number of hydrogen-bond acceptors (Lipinski definition) is 4. The van der Waals surface area contributed by atoms with Gasteiger partial charge in [0, 0.05) is 5.56 Å². The van der Waals surface area contributed by atoms with Gasteiger partial charge in [-0.1, -0.05) is 5.16 Å². The molecule has 0 radical (unpaired) electrons. The summed E-state index contributed by atoms with van der Waals surface area (Å²) in [5.41, 5.74) is 6.28. The quantitative estimate of drug-likeness (QED) is 0.386. The molecule has 0 bridgehead atoms. The summed E-state index contributed by atoms with van der Waals surface area (Å²) in [4.78, 5) is 0. The largest absolute Gasteiger partial charge is 0.496 e. The highest BCUT2D eigenvalue weighted by Gasteiger charge is 2.10. The Bertz CT molecular complexity index is 598. The van der Waals surface area contributed by atoms with Crippen LogP contribution in [0.25, 0.3) is 11.3 Å². The fourth-order valence-corrected chi connectivity index (χ4v) is 1.90. The lowest BCUT2D eigenvalue weighted by Gasteiger charge is -2.04. The van der Waals surface area contributed by atoms with Gasteiger partial charge in [0.25, 0.3) is 0 Å². The number of rotatable bonds is 3. The van der Waals surface area contributed by atoms with Crippen LogP contribution < -0.4 is 10.5 Å². The molecule has 1 aromatic heterocycles. The monoisotopic (exact) mass is 346 g/mol. The standard InChI is InChI=1S/C12H11BrN2O3.ClH/c1-17-11-6-7(2-3-8(11)13)9-4-5-10(18-9)12(14)15-16;/h2-6,16H,1H3,(H2,14,15);1H. The number of oxime groups is 1. The van der Waals surface area contributed by atoms with Gasteiger partial charge in [-0.2, -0.15) is 0 Å². The van der Waals surface area contributed by atoms with E-state index in [1.165, 1.54) is 0 Å². The fraction of sp³-hybridized carbons (Fsp3) is 0.0833. The first-order valence-electron chi connectivity index (χ1n) is 5.07. The van der Waals surface area contributed by atoms with E-state index in [-0.39, 0.29) is 18.2 Å². The third kappa shape index (κ3) is 3.21. The molecule has 19 heavy (non-hydrogen) atoms. The number of nitrogens with two attached hydrogens (primary N) is 1. The smallest absolute Gasteiger partial charge is 0.205 e. The topological polar surface area (TPSA) is 81.0 Å². The van der Waals surface area contributed by atoms with Crippen molar-refractivity contribution in [3.8, 4) is 17.1 Å². The van der Waals surface area contributed by atoms with Crippen molar-refractivity contribution in [2.75, 3.05) is 7.11 Å². The molecule has 2 rings (SSSR count). The SMILES string of the molecule is COc1cc(-c2ccc(C(N)=NO)o2)ccc1Br.Cl. The van der Waals surface area contributed by atoms with E-state index in [1.807, 2.05) is 18.2 Å². The fourth-order valence-electron chi connectivity index (χ4n) is 1.49. The van der Waals surface area contributed by atoms with Gasteiger partial charge < -0.3 is 20.1 Å². The second-order valence-electron chi connectivity index (χ2n) is 3.50. The maximum atomic E-state index is 8.56. The first-order valence-corrected chi connectivity index (χ1v) is 5.86. The van der Waals surface area contributed by atoms with Crippen LogP contribution in [-0.4, -0.2) is 18.2 Å². The van der Waals surface area contributed by atoms with E-state index >= 15 is 0 Å². The third-order valence-corrected chi connectivity index (χ3v) is 3.06. The van der Waals surface area contributed by atoms with Crippen LogP contribution in [0.15, 0.2) is 44.4 Å². The Labute approximate surface area is 124 Å². The summed E-state index contributed by atoms with van der Waals surface area (Å²) < 4.78 is 11.5. The lowest BCUT2D eigenvalue weighted by Crippen LogP contribution is -2.11. The molecule has 0 amide bonds. The number of benzene rings is 1. The van der Waals surface area contributed by atoms with E-state index in [0.29, 0.717) is 17.3 Å². The summed E-state index contributed by atoms with van der Waals surface area (Å²) in [6.07, 6.45) is 0. The van der Waals surface area contributed by atoms with Gasteiger partial charge in [-0.05, 0) is 46.3 Å². The van der Waals surface area contributed by atoms with Gasteiger partial charge in [0.15, 0.2) is 5.76 Å². The van der Waals surface area contributed by atoms with E-state index in [0.717, 1.165) is 10.0 Å². The molecule has 0 fully saturated rings. The second-order valence-corrected chi connectivity index (χ2v) is 4.35. The van der Waals surface area contributed by atoms with Gasteiger partial charge in [-0.3, -0.25) is 0 Å². The van der Waals surface area contributed by atoms with Gasteiger partial charge in [-0.15, -0.1) is 12.4 Å². The van der Waals surface area contributed by atoms with Crippen molar-refractivity contribution in [2.45, 2.75) is 0 Å². The minimum atomic E-state index is -0.0645. The molecule has 0 saturated heterocycles. The highest BCUT2D eigenvalue weighted by atomic mass is 79.9. The maximum absolute atomic E-state index is 8.56. The summed E-state index contributed by atoms with van der Waals surface area (Å²) in [7, 11) is 1.59. The molecule has 0 aliphatic heterocycles. The van der Waals surface area contributed by atoms with Crippen LogP contribution in [0.4, 0.5) is 0 Å². The van der Waals surface area contributed by atoms with Gasteiger partial charge in [0.1, 0.15) is 11.5 Å². The average Bonchev–Trinajstić information content (AvgIpc) is 2.88. The number of nitrogens with zero attached hydrogens (tertiary/aromatic N) is 1. The van der Waals surface area contributed by atoms with Crippen molar-refractivity contribution in [2.24, 2.45) is 10.9 Å². The number of methoxy groups -OCH3 is 1. The second kappa shape index (κ2) is 6.49. The number of amidine groups is 1. The minimum absolute atomic E-state index is 0. The van der Waals surface area contributed by atoms with Crippen LogP contribution in [0.5, 0.6) is 5.75 Å². The van der Waals surface area contributed by atoms with Crippen LogP contribution >= 0.6 is 28.3 Å². The zero-order valence-corrected chi connectivity index (χ0v) is 12.4. The lowest BCUT2D eigenvalue weighted by molar-refractivity contribution is 0.317. The Hall–Kier alpha value is -1.66. The zero-order chi connectivity index (χ0) is 13.1. The first kappa shape index (κ1) is 15.4. The molecular weight excluding hydrogens is 335 g/mol. The average molecular weight is 348 g/mol. The summed E-state index contributed by atoms with van der Waals surface area (Å²) in [5.74, 6) is 1.57. The molecule has 0 unspecified atom stereocenters. The van der Waals surface area contributed by atoms with Crippen molar-refractivity contribution in [1.82, 2.24) is 0 Å². The number of hydrogen-bond donors (Lipinski definition) is 2. The molecule has 2 aromatic rings. The normalized spacial score (nSPS) is 10.9. The summed E-state index contributed by atoms with van der Waals surface area (Å²) in [5, 5.41) is 11.4. The molecule has 5 nitrogen and oxygen atoms in total. The Kier molecular flexibility index (Phi) is 5.26. The molecule has 1 heterocycles.